The van der Waals surface area contributed by atoms with Gasteiger partial charge in [0.25, 0.3) is 0 Å². The summed E-state index contributed by atoms with van der Waals surface area (Å²) in [4.78, 5) is 22.6. The van der Waals surface area contributed by atoms with Crippen molar-refractivity contribution in [3.63, 3.8) is 0 Å². The molecule has 0 bridgehead atoms. The molecule has 0 heterocycles. The second kappa shape index (κ2) is 25.9. The van der Waals surface area contributed by atoms with Crippen molar-refractivity contribution in [1.82, 2.24) is 0 Å². The molecule has 0 amide bonds. The number of carbonyl (C=O) groups is 2. The Morgan fingerprint density at radius 1 is 0.913 bits per heavy atom. The largest absolute Gasteiger partial charge is 0.304 e. The fourth-order valence-corrected chi connectivity index (χ4v) is 4.74. The maximum absolute atomic E-state index is 11.7. The van der Waals surface area contributed by atoms with Gasteiger partial charge < -0.3 is 5.41 Å². The molecule has 256 valence electrons. The summed E-state index contributed by atoms with van der Waals surface area (Å²) in [6.45, 7) is 24.3. The standard InChI is InChI=1S/C14H19N.C13H24O.C10H12O.C4H10.C2H2/c1-11-7-5-6-10-13(11)14(15)12-8-3-2-4-9-12;1-6-13(4,5)12(14)10-8-7-9-11(2)3;1-3-9-5-4-6-10(7-9)8(2)11;1-4(2)3;1-2/h5-7,10,12,15H,2-4,8-9H2,1H3;2,6-10H2,1,3-5H3;4-7H,3H2,1-2H3;4H,1-3H3;1-2H. The number of benzene rings is 2. The lowest BCUT2D eigenvalue weighted by Gasteiger charge is -2.23. The van der Waals surface area contributed by atoms with Crippen molar-refractivity contribution in [3.8, 4) is 12.8 Å². The van der Waals surface area contributed by atoms with Crippen LogP contribution in [-0.2, 0) is 11.2 Å². The average molecular weight is 630 g/mol. The molecular weight excluding hydrogens is 562 g/mol. The maximum atomic E-state index is 11.7. The van der Waals surface area contributed by atoms with E-state index < -0.39 is 0 Å². The summed E-state index contributed by atoms with van der Waals surface area (Å²) in [7, 11) is 0. The Morgan fingerprint density at radius 2 is 1.46 bits per heavy atom. The van der Waals surface area contributed by atoms with Gasteiger partial charge in [0.05, 0.1) is 0 Å². The van der Waals surface area contributed by atoms with Gasteiger partial charge in [0, 0.05) is 29.0 Å². The Labute approximate surface area is 284 Å². The Balaban J connectivity index is 0. The van der Waals surface area contributed by atoms with E-state index in [2.05, 4.69) is 73.1 Å². The number of terminal acetylenes is 1. The van der Waals surface area contributed by atoms with Crippen LogP contribution in [0.25, 0.3) is 0 Å². The topological polar surface area (TPSA) is 58.0 Å². The van der Waals surface area contributed by atoms with Crippen molar-refractivity contribution >= 4 is 17.3 Å². The van der Waals surface area contributed by atoms with Crippen molar-refractivity contribution in [2.45, 2.75) is 140 Å². The zero-order valence-corrected chi connectivity index (χ0v) is 31.2. The highest BCUT2D eigenvalue weighted by molar-refractivity contribution is 6.01. The number of unbranched alkanes of at least 4 members (excludes halogenated alkanes) is 1. The number of aryl methyl sites for hydroxylation is 2. The van der Waals surface area contributed by atoms with Crippen molar-refractivity contribution in [3.05, 3.63) is 82.9 Å². The number of ketones is 2. The zero-order valence-electron chi connectivity index (χ0n) is 31.2. The van der Waals surface area contributed by atoms with Crippen molar-refractivity contribution < 1.29 is 9.59 Å². The van der Waals surface area contributed by atoms with Crippen LogP contribution < -0.4 is 0 Å². The van der Waals surface area contributed by atoms with E-state index in [1.54, 1.807) is 6.92 Å². The zero-order chi connectivity index (χ0) is 35.7. The highest BCUT2D eigenvalue weighted by Gasteiger charge is 2.24. The Kier molecular flexibility index (Phi) is 25.3. The first-order chi connectivity index (χ1) is 21.7. The minimum atomic E-state index is -0.122. The van der Waals surface area contributed by atoms with Crippen LogP contribution in [0.15, 0.2) is 60.7 Å². The second-order valence-corrected chi connectivity index (χ2v) is 13.7. The molecule has 0 saturated heterocycles. The van der Waals surface area contributed by atoms with Crippen molar-refractivity contribution in [2.24, 2.45) is 17.3 Å². The predicted molar refractivity (Wildman–Crippen MR) is 203 cm³/mol. The minimum Gasteiger partial charge on any atom is -0.304 e. The van der Waals surface area contributed by atoms with Crippen LogP contribution in [-0.4, -0.2) is 17.3 Å². The fourth-order valence-electron chi connectivity index (χ4n) is 4.74. The van der Waals surface area contributed by atoms with Gasteiger partial charge >= 0.3 is 0 Å². The molecule has 46 heavy (non-hydrogen) atoms. The summed E-state index contributed by atoms with van der Waals surface area (Å²) in [5.41, 5.74) is 6.39. The number of Topliss-reactive ketones (excluding diaryl/α,β-unsaturated/α-hetero) is 2. The van der Waals surface area contributed by atoms with E-state index in [0.29, 0.717) is 11.7 Å². The van der Waals surface area contributed by atoms with Crippen LogP contribution in [0.2, 0.25) is 0 Å². The molecule has 1 aliphatic carbocycles. The highest BCUT2D eigenvalue weighted by atomic mass is 16.1. The van der Waals surface area contributed by atoms with Crippen molar-refractivity contribution in [2.75, 3.05) is 0 Å². The molecule has 1 fully saturated rings. The minimum absolute atomic E-state index is 0.122. The molecule has 3 nitrogen and oxygen atoms in total. The third kappa shape index (κ3) is 20.7. The van der Waals surface area contributed by atoms with Gasteiger partial charge in [0.2, 0.25) is 0 Å². The van der Waals surface area contributed by atoms with E-state index in [0.717, 1.165) is 61.3 Å². The van der Waals surface area contributed by atoms with E-state index in [1.165, 1.54) is 48.8 Å². The molecule has 0 aromatic heterocycles. The lowest BCUT2D eigenvalue weighted by atomic mass is 9.82. The number of nitrogens with one attached hydrogen (secondary N) is 1. The van der Waals surface area contributed by atoms with Gasteiger partial charge in [-0.1, -0.05) is 116 Å². The predicted octanol–water partition coefficient (Wildman–Crippen LogP) is 12.4. The number of rotatable bonds is 11. The second-order valence-electron chi connectivity index (χ2n) is 13.7. The van der Waals surface area contributed by atoms with Crippen LogP contribution in [0.1, 0.15) is 154 Å². The van der Waals surface area contributed by atoms with Gasteiger partial charge in [-0.3, -0.25) is 9.59 Å². The lowest BCUT2D eigenvalue weighted by Crippen LogP contribution is -2.22. The van der Waals surface area contributed by atoms with Gasteiger partial charge in [0.15, 0.2) is 5.78 Å². The number of allylic oxidation sites excluding steroid dienone is 1. The first-order valence-electron chi connectivity index (χ1n) is 17.4. The van der Waals surface area contributed by atoms with E-state index in [1.807, 2.05) is 57.2 Å². The smallest absolute Gasteiger partial charge is 0.159 e. The summed E-state index contributed by atoms with van der Waals surface area (Å²) in [5, 5.41) is 8.26. The molecule has 1 N–H and O–H groups in total. The first-order valence-corrected chi connectivity index (χ1v) is 17.4. The third-order valence-corrected chi connectivity index (χ3v) is 8.09. The van der Waals surface area contributed by atoms with Gasteiger partial charge in [-0.05, 0) is 94.4 Å². The summed E-state index contributed by atoms with van der Waals surface area (Å²) in [5.74, 6) is 1.89. The summed E-state index contributed by atoms with van der Waals surface area (Å²) in [6, 6.07) is 16.0. The molecule has 0 spiro atoms. The van der Waals surface area contributed by atoms with E-state index in [9.17, 15) is 9.59 Å². The fraction of sp³-hybridized carbons (Fsp3) is 0.558. The quantitative estimate of drug-likeness (QED) is 0.0884. The van der Waals surface area contributed by atoms with E-state index >= 15 is 0 Å². The Bertz CT molecular complexity index is 1180. The Hall–Kier alpha value is -3.25. The van der Waals surface area contributed by atoms with Crippen LogP contribution in [0.4, 0.5) is 0 Å². The highest BCUT2D eigenvalue weighted by Crippen LogP contribution is 2.28. The number of carbonyl (C=O) groups excluding carboxylic acids is 2. The molecule has 0 aliphatic heterocycles. The lowest BCUT2D eigenvalue weighted by molar-refractivity contribution is -0.127. The first kappa shape index (κ1) is 44.9. The summed E-state index contributed by atoms with van der Waals surface area (Å²) >= 11 is 0. The van der Waals surface area contributed by atoms with E-state index in [-0.39, 0.29) is 11.2 Å². The molecule has 2 aromatic carbocycles. The normalized spacial score (nSPS) is 12.4. The Morgan fingerprint density at radius 3 is 1.93 bits per heavy atom. The van der Waals surface area contributed by atoms with Gasteiger partial charge in [-0.15, -0.1) is 19.4 Å². The van der Waals surface area contributed by atoms with Crippen LogP contribution in [0.5, 0.6) is 0 Å². The van der Waals surface area contributed by atoms with Crippen LogP contribution in [0, 0.1) is 42.4 Å². The number of hydrogen-bond donors (Lipinski definition) is 1. The monoisotopic (exact) mass is 630 g/mol. The molecule has 3 heteroatoms. The molecule has 3 rings (SSSR count). The van der Waals surface area contributed by atoms with Gasteiger partial charge in [0.1, 0.15) is 5.78 Å². The SMILES string of the molecule is C#C.C=C(C)CCCCC(=O)C(C)(C)CC.CC(C)C.CCc1cccc(C(C)=O)c1.Cc1ccccc1C(=N)C1CCCCC1. The molecule has 0 radical (unpaired) electrons. The molecule has 1 aliphatic rings. The number of hydrogen-bond acceptors (Lipinski definition) is 3. The third-order valence-electron chi connectivity index (χ3n) is 8.09. The van der Waals surface area contributed by atoms with Gasteiger partial charge in [-0.25, -0.2) is 0 Å². The average Bonchev–Trinajstić information content (AvgIpc) is 3.04. The molecular formula is C43H67NO2. The summed E-state index contributed by atoms with van der Waals surface area (Å²) < 4.78 is 0. The van der Waals surface area contributed by atoms with Gasteiger partial charge in [-0.2, -0.15) is 0 Å². The molecule has 2 aromatic rings. The molecule has 0 unspecified atom stereocenters. The van der Waals surface area contributed by atoms with E-state index in [4.69, 9.17) is 5.41 Å². The van der Waals surface area contributed by atoms with Crippen LogP contribution in [0.3, 0.4) is 0 Å². The van der Waals surface area contributed by atoms with Crippen LogP contribution >= 0.6 is 0 Å². The molecule has 0 atom stereocenters. The van der Waals surface area contributed by atoms with Crippen molar-refractivity contribution in [1.29, 1.82) is 5.41 Å². The molecule has 1 saturated carbocycles. The summed E-state index contributed by atoms with van der Waals surface area (Å²) in [6.07, 6.45) is 20.2. The maximum Gasteiger partial charge on any atom is 0.159 e.